The summed E-state index contributed by atoms with van der Waals surface area (Å²) in [6.45, 7) is 2.12. The van der Waals surface area contributed by atoms with E-state index in [2.05, 4.69) is 33.1 Å². The number of imide groups is 1. The molecule has 0 aromatic heterocycles. The second-order valence-corrected chi connectivity index (χ2v) is 14.2. The minimum absolute atomic E-state index is 0.0626. The normalized spacial score (nSPS) is 16.6. The molecule has 5 rings (SSSR count). The first kappa shape index (κ1) is 43.5. The van der Waals surface area contributed by atoms with E-state index in [-0.39, 0.29) is 50.6 Å². The summed E-state index contributed by atoms with van der Waals surface area (Å²) >= 11 is 0. The minimum Gasteiger partial charge on any atom is -0.349 e. The quantitative estimate of drug-likeness (QED) is 0.0728. The van der Waals surface area contributed by atoms with Crippen LogP contribution in [0.1, 0.15) is 75.5 Å². The molecule has 3 heterocycles. The molecule has 18 heteroatoms. The highest BCUT2D eigenvalue weighted by atomic mass is 16.7. The van der Waals surface area contributed by atoms with Crippen LogP contribution in [-0.2, 0) is 59.3 Å². The van der Waals surface area contributed by atoms with Crippen LogP contribution < -0.4 is 26.2 Å². The number of carbonyl (C=O) groups excluding carboxylic acids is 9. The van der Waals surface area contributed by atoms with Gasteiger partial charge < -0.3 is 40.6 Å². The van der Waals surface area contributed by atoms with Gasteiger partial charge in [0.1, 0.15) is 25.4 Å². The van der Waals surface area contributed by atoms with Crippen LogP contribution in [0.25, 0.3) is 0 Å². The van der Waals surface area contributed by atoms with Crippen molar-refractivity contribution in [2.24, 2.45) is 5.92 Å². The molecule has 0 aliphatic carbocycles. The minimum atomic E-state index is -1.02. The summed E-state index contributed by atoms with van der Waals surface area (Å²) in [7, 11) is 0. The lowest BCUT2D eigenvalue weighted by molar-refractivity contribution is -0.200. The molecular formula is C41H47N7O11. The molecule has 8 amide bonds. The lowest BCUT2D eigenvalue weighted by Crippen LogP contribution is -2.56. The molecule has 312 valence electrons. The van der Waals surface area contributed by atoms with Crippen molar-refractivity contribution in [1.29, 1.82) is 0 Å². The molecular weight excluding hydrogens is 766 g/mol. The van der Waals surface area contributed by atoms with Crippen molar-refractivity contribution in [2.45, 2.75) is 77.4 Å². The van der Waals surface area contributed by atoms with Gasteiger partial charge in [-0.05, 0) is 42.5 Å². The first-order chi connectivity index (χ1) is 28.4. The molecule has 18 nitrogen and oxygen atoms in total. The van der Waals surface area contributed by atoms with Gasteiger partial charge in [-0.25, -0.2) is 4.79 Å². The van der Waals surface area contributed by atoms with E-state index in [1.807, 2.05) is 49.4 Å². The standard InChI is InChI=1S/C41H47N7O11/c1-3-26(2)39(41(57)44-25-58-24-38(55)59-48-35(52)18-19-36(48)53)45-40(56)31-13-8-20-46(31)37(54)22-43-33(50)21-42-32(49)16-17-34(51)47-23-29-11-5-4-9-27(29)14-15-28-10-6-7-12-30(28)47/h4-7,9-12,26,31,39H,3,8,13,16-25H2,1-2H3,(H,42,49)(H,43,50)(H,44,57)(H,45,56)/t26-,31-,39-/m0/s1. The van der Waals surface area contributed by atoms with Crippen molar-refractivity contribution < 1.29 is 52.7 Å². The average Bonchev–Trinajstić information content (AvgIpc) is 3.85. The van der Waals surface area contributed by atoms with Crippen LogP contribution in [-0.4, -0.2) is 108 Å². The molecule has 59 heavy (non-hydrogen) atoms. The van der Waals surface area contributed by atoms with Crippen molar-refractivity contribution in [3.05, 3.63) is 65.2 Å². The fraction of sp³-hybridized carbons (Fsp3) is 0.439. The van der Waals surface area contributed by atoms with Gasteiger partial charge in [-0.1, -0.05) is 62.4 Å². The van der Waals surface area contributed by atoms with Crippen LogP contribution in [0.3, 0.4) is 0 Å². The predicted molar refractivity (Wildman–Crippen MR) is 208 cm³/mol. The second-order valence-electron chi connectivity index (χ2n) is 14.2. The Morgan fingerprint density at radius 3 is 2.25 bits per heavy atom. The Hall–Kier alpha value is -6.61. The fourth-order valence-corrected chi connectivity index (χ4v) is 6.61. The third kappa shape index (κ3) is 11.7. The van der Waals surface area contributed by atoms with Crippen molar-refractivity contribution in [3.8, 4) is 11.8 Å². The third-order valence-electron chi connectivity index (χ3n) is 10.1. The summed E-state index contributed by atoms with van der Waals surface area (Å²) in [4.78, 5) is 121. The number of rotatable bonds is 17. The number of fused-ring (bicyclic) bond motifs is 2. The zero-order valence-corrected chi connectivity index (χ0v) is 32.9. The third-order valence-corrected chi connectivity index (χ3v) is 10.1. The van der Waals surface area contributed by atoms with Gasteiger partial charge in [0.2, 0.25) is 35.4 Å². The number of hydrogen-bond acceptors (Lipinski definition) is 11. The monoisotopic (exact) mass is 813 g/mol. The van der Waals surface area contributed by atoms with Gasteiger partial charge in [-0.15, -0.1) is 5.06 Å². The van der Waals surface area contributed by atoms with Crippen LogP contribution in [0.4, 0.5) is 5.69 Å². The van der Waals surface area contributed by atoms with Gasteiger partial charge >= 0.3 is 5.97 Å². The molecule has 3 atom stereocenters. The summed E-state index contributed by atoms with van der Waals surface area (Å²) in [6.07, 6.45) is 0.919. The van der Waals surface area contributed by atoms with Crippen LogP contribution in [0.15, 0.2) is 48.5 Å². The van der Waals surface area contributed by atoms with Gasteiger partial charge in [-0.3, -0.25) is 38.4 Å². The molecule has 3 aliphatic heterocycles. The number of likely N-dealkylation sites (tertiary alicyclic amines) is 1. The molecule has 0 spiro atoms. The Balaban J connectivity index is 1.03. The van der Waals surface area contributed by atoms with Crippen LogP contribution in [0, 0.1) is 17.8 Å². The van der Waals surface area contributed by atoms with Crippen molar-refractivity contribution in [1.82, 2.24) is 31.2 Å². The molecule has 3 aliphatic rings. The van der Waals surface area contributed by atoms with E-state index in [1.54, 1.807) is 17.9 Å². The molecule has 2 fully saturated rings. The Labute approximate surface area is 340 Å². The largest absolute Gasteiger partial charge is 0.358 e. The van der Waals surface area contributed by atoms with E-state index < -0.39 is 85.8 Å². The van der Waals surface area contributed by atoms with E-state index in [9.17, 15) is 43.2 Å². The highest BCUT2D eigenvalue weighted by Crippen LogP contribution is 2.26. The topological polar surface area (TPSA) is 230 Å². The summed E-state index contributed by atoms with van der Waals surface area (Å²) in [6, 6.07) is 12.9. The molecule has 2 aromatic rings. The summed E-state index contributed by atoms with van der Waals surface area (Å²) < 4.78 is 5.11. The number of hydroxylamine groups is 2. The lowest BCUT2D eigenvalue weighted by atomic mass is 9.97. The van der Waals surface area contributed by atoms with Gasteiger partial charge in [0.05, 0.1) is 25.3 Å². The van der Waals surface area contributed by atoms with Crippen molar-refractivity contribution in [2.75, 3.05) is 37.9 Å². The number of benzene rings is 2. The molecule has 2 aromatic carbocycles. The van der Waals surface area contributed by atoms with E-state index >= 15 is 0 Å². The fourth-order valence-electron chi connectivity index (χ4n) is 6.61. The zero-order valence-electron chi connectivity index (χ0n) is 32.9. The summed E-state index contributed by atoms with van der Waals surface area (Å²) in [5.74, 6) is 0.483. The van der Waals surface area contributed by atoms with E-state index in [0.717, 1.165) is 11.1 Å². The van der Waals surface area contributed by atoms with Gasteiger partial charge in [0.25, 0.3) is 11.8 Å². The van der Waals surface area contributed by atoms with E-state index in [1.165, 1.54) is 4.90 Å². The van der Waals surface area contributed by atoms with Crippen LogP contribution >= 0.6 is 0 Å². The smallest absolute Gasteiger partial charge is 0.349 e. The molecule has 0 unspecified atom stereocenters. The Bertz CT molecular complexity index is 2030. The van der Waals surface area contributed by atoms with E-state index in [0.29, 0.717) is 35.6 Å². The number of nitrogens with one attached hydrogen (secondary N) is 4. The Morgan fingerprint density at radius 2 is 1.51 bits per heavy atom. The van der Waals surface area contributed by atoms with Crippen molar-refractivity contribution in [3.63, 3.8) is 0 Å². The van der Waals surface area contributed by atoms with Crippen LogP contribution in [0.2, 0.25) is 0 Å². The summed E-state index contributed by atoms with van der Waals surface area (Å²) in [5.41, 5.74) is 3.01. The van der Waals surface area contributed by atoms with Gasteiger partial charge in [0, 0.05) is 43.4 Å². The first-order valence-corrected chi connectivity index (χ1v) is 19.4. The number of anilines is 1. The van der Waals surface area contributed by atoms with Crippen molar-refractivity contribution >= 4 is 58.9 Å². The van der Waals surface area contributed by atoms with E-state index in [4.69, 9.17) is 9.57 Å². The maximum atomic E-state index is 13.4. The predicted octanol–water partition coefficient (Wildman–Crippen LogP) is 0.165. The van der Waals surface area contributed by atoms with Gasteiger partial charge in [0.15, 0.2) is 0 Å². The highest BCUT2D eigenvalue weighted by molar-refractivity contribution is 6.02. The zero-order chi connectivity index (χ0) is 42.5. The molecule has 0 radical (unpaired) electrons. The maximum absolute atomic E-state index is 13.4. The average molecular weight is 814 g/mol. The maximum Gasteiger partial charge on any atom is 0.358 e. The number of amides is 8. The number of nitrogens with zero attached hydrogens (tertiary/aromatic N) is 3. The number of ether oxygens (including phenoxy) is 1. The lowest BCUT2D eigenvalue weighted by Gasteiger charge is -2.28. The second kappa shape index (κ2) is 20.7. The Morgan fingerprint density at radius 1 is 0.831 bits per heavy atom. The van der Waals surface area contributed by atoms with Gasteiger partial charge in [-0.2, -0.15) is 0 Å². The van der Waals surface area contributed by atoms with Crippen LogP contribution in [0.5, 0.6) is 0 Å². The number of para-hydroxylation sites is 1. The Kier molecular flexibility index (Phi) is 15.3. The number of carbonyl (C=O) groups is 9. The highest BCUT2D eigenvalue weighted by Gasteiger charge is 2.37. The molecule has 2 saturated heterocycles. The molecule has 0 bridgehead atoms. The molecule has 0 saturated carbocycles. The SMILES string of the molecule is CC[C@H](C)[C@H](NC(=O)[C@@H]1CCCN1C(=O)CNC(=O)CNC(=O)CCC(=O)N1Cc2ccccc2C#Cc2ccccc21)C(=O)NCOCC(=O)ON1C(=O)CCC1=O. The first-order valence-electron chi connectivity index (χ1n) is 19.4. The molecule has 4 N–H and O–H groups in total. The number of hydrogen-bond donors (Lipinski definition) is 4. The summed E-state index contributed by atoms with van der Waals surface area (Å²) in [5, 5.41) is 10.5.